The zero-order valence-electron chi connectivity index (χ0n) is 19.3. The summed E-state index contributed by atoms with van der Waals surface area (Å²) in [4.78, 5) is 20.5. The quantitative estimate of drug-likeness (QED) is 0.503. The molecule has 0 bridgehead atoms. The first-order valence-corrected chi connectivity index (χ1v) is 12.6. The molecule has 1 aromatic carbocycles. The van der Waals surface area contributed by atoms with Crippen LogP contribution in [0.4, 0.5) is 10.3 Å². The van der Waals surface area contributed by atoms with Gasteiger partial charge < -0.3 is 24.0 Å². The van der Waals surface area contributed by atoms with E-state index in [0.717, 1.165) is 56.8 Å². The number of aromatic nitrogens is 1. The third-order valence-electron chi connectivity index (χ3n) is 6.49. The molecule has 2 aliphatic rings. The standard InChI is InChI=1S/C25H29FN4O3S/c1-28-10-12-29(13-11-28)25-21(23(27-33-25)18-6-8-19(26)9-7-18)17-30(16-20-4-2-14-32-20)24(31)22-5-3-15-34-22/h3,5-9,15,20H,2,4,10-14,16-17H2,1H3/t20-/m0/s1. The van der Waals surface area contributed by atoms with Crippen molar-refractivity contribution in [2.75, 3.05) is 51.3 Å². The number of hydrogen-bond acceptors (Lipinski definition) is 7. The molecule has 7 nitrogen and oxygen atoms in total. The minimum atomic E-state index is -0.305. The van der Waals surface area contributed by atoms with Crippen molar-refractivity contribution in [1.29, 1.82) is 0 Å². The van der Waals surface area contributed by atoms with Gasteiger partial charge in [0.25, 0.3) is 5.91 Å². The van der Waals surface area contributed by atoms with E-state index in [2.05, 4.69) is 22.0 Å². The third kappa shape index (κ3) is 5.01. The van der Waals surface area contributed by atoms with E-state index in [-0.39, 0.29) is 17.8 Å². The lowest BCUT2D eigenvalue weighted by Crippen LogP contribution is -2.45. The molecule has 0 radical (unpaired) electrons. The second-order valence-electron chi connectivity index (χ2n) is 8.91. The number of ether oxygens (including phenoxy) is 1. The maximum absolute atomic E-state index is 13.6. The number of rotatable bonds is 7. The van der Waals surface area contributed by atoms with Crippen LogP contribution >= 0.6 is 11.3 Å². The van der Waals surface area contributed by atoms with Crippen LogP contribution in [0, 0.1) is 5.82 Å². The van der Waals surface area contributed by atoms with E-state index in [1.54, 1.807) is 12.1 Å². The molecule has 2 aromatic heterocycles. The number of nitrogens with zero attached hydrogens (tertiary/aromatic N) is 4. The fourth-order valence-corrected chi connectivity index (χ4v) is 5.23. The van der Waals surface area contributed by atoms with Crippen LogP contribution in [-0.2, 0) is 11.3 Å². The third-order valence-corrected chi connectivity index (χ3v) is 7.35. The van der Waals surface area contributed by atoms with Gasteiger partial charge in [-0.05, 0) is 55.6 Å². The molecule has 4 heterocycles. The van der Waals surface area contributed by atoms with Crippen LogP contribution in [0.15, 0.2) is 46.3 Å². The van der Waals surface area contributed by atoms with Crippen molar-refractivity contribution >= 4 is 23.1 Å². The molecule has 2 aliphatic heterocycles. The van der Waals surface area contributed by atoms with E-state index >= 15 is 0 Å². The summed E-state index contributed by atoms with van der Waals surface area (Å²) in [5, 5.41) is 6.31. The largest absolute Gasteiger partial charge is 0.376 e. The predicted molar refractivity (Wildman–Crippen MR) is 130 cm³/mol. The summed E-state index contributed by atoms with van der Waals surface area (Å²) in [5.74, 6) is 0.353. The maximum atomic E-state index is 13.6. The maximum Gasteiger partial charge on any atom is 0.264 e. The number of amides is 1. The Morgan fingerprint density at radius 3 is 2.68 bits per heavy atom. The monoisotopic (exact) mass is 484 g/mol. The summed E-state index contributed by atoms with van der Waals surface area (Å²) in [6.45, 7) is 5.03. The topological polar surface area (TPSA) is 62.1 Å². The van der Waals surface area contributed by atoms with Crippen molar-refractivity contribution < 1.29 is 18.4 Å². The van der Waals surface area contributed by atoms with Gasteiger partial charge in [-0.15, -0.1) is 11.3 Å². The number of benzene rings is 1. The van der Waals surface area contributed by atoms with E-state index < -0.39 is 0 Å². The SMILES string of the molecule is CN1CCN(c2onc(-c3ccc(F)cc3)c2CN(C[C@@H]2CCCO2)C(=O)c2cccs2)CC1. The number of thiophene rings is 1. The lowest BCUT2D eigenvalue weighted by atomic mass is 10.1. The summed E-state index contributed by atoms with van der Waals surface area (Å²) in [6.07, 6.45) is 1.96. The Kier molecular flexibility index (Phi) is 6.94. The summed E-state index contributed by atoms with van der Waals surface area (Å²) in [7, 11) is 2.10. The molecule has 2 saturated heterocycles. The van der Waals surface area contributed by atoms with Crippen LogP contribution < -0.4 is 4.90 Å². The molecule has 34 heavy (non-hydrogen) atoms. The minimum absolute atomic E-state index is 0.0186. The lowest BCUT2D eigenvalue weighted by molar-refractivity contribution is 0.0511. The molecule has 3 aromatic rings. The van der Waals surface area contributed by atoms with Gasteiger partial charge in [0.1, 0.15) is 11.5 Å². The molecule has 180 valence electrons. The normalized spacial score (nSPS) is 19.0. The molecule has 9 heteroatoms. The first kappa shape index (κ1) is 23.0. The van der Waals surface area contributed by atoms with Gasteiger partial charge in [-0.2, -0.15) is 0 Å². The molecule has 2 fully saturated rings. The van der Waals surface area contributed by atoms with Crippen molar-refractivity contribution in [2.24, 2.45) is 0 Å². The molecule has 0 spiro atoms. The first-order valence-electron chi connectivity index (χ1n) is 11.7. The molecule has 0 aliphatic carbocycles. The Morgan fingerprint density at radius 2 is 2.00 bits per heavy atom. The highest BCUT2D eigenvalue weighted by Crippen LogP contribution is 2.34. The summed E-state index contributed by atoms with van der Waals surface area (Å²) in [5.41, 5.74) is 2.26. The van der Waals surface area contributed by atoms with Crippen LogP contribution in [0.5, 0.6) is 0 Å². The van der Waals surface area contributed by atoms with Gasteiger partial charge in [0, 0.05) is 44.9 Å². The Bertz CT molecular complexity index is 1090. The van der Waals surface area contributed by atoms with Crippen molar-refractivity contribution in [1.82, 2.24) is 15.0 Å². The molecular weight excluding hydrogens is 455 g/mol. The van der Waals surface area contributed by atoms with Gasteiger partial charge in [0.05, 0.1) is 23.1 Å². The average molecular weight is 485 g/mol. The smallest absolute Gasteiger partial charge is 0.264 e. The van der Waals surface area contributed by atoms with Crippen LogP contribution in [0.25, 0.3) is 11.3 Å². The number of carbonyl (C=O) groups is 1. The predicted octanol–water partition coefficient (Wildman–Crippen LogP) is 4.12. The van der Waals surface area contributed by atoms with Crippen LogP contribution in [-0.4, -0.2) is 73.3 Å². The Hall–Kier alpha value is -2.75. The van der Waals surface area contributed by atoms with Crippen LogP contribution in [0.2, 0.25) is 0 Å². The Balaban J connectivity index is 1.50. The first-order chi connectivity index (χ1) is 16.6. The van der Waals surface area contributed by atoms with E-state index in [4.69, 9.17) is 9.26 Å². The molecule has 0 N–H and O–H groups in total. The van der Waals surface area contributed by atoms with Crippen LogP contribution in [0.3, 0.4) is 0 Å². The molecule has 1 amide bonds. The summed E-state index contributed by atoms with van der Waals surface area (Å²) >= 11 is 1.44. The zero-order chi connectivity index (χ0) is 23.5. The van der Waals surface area contributed by atoms with Gasteiger partial charge in [-0.25, -0.2) is 4.39 Å². The molecule has 0 saturated carbocycles. The lowest BCUT2D eigenvalue weighted by Gasteiger charge is -2.33. The van der Waals surface area contributed by atoms with Crippen molar-refractivity contribution in [3.05, 3.63) is 58.0 Å². The fraction of sp³-hybridized carbons (Fsp3) is 0.440. The van der Waals surface area contributed by atoms with E-state index in [1.165, 1.54) is 23.5 Å². The van der Waals surface area contributed by atoms with Gasteiger partial charge in [0.2, 0.25) is 5.88 Å². The highest BCUT2D eigenvalue weighted by molar-refractivity contribution is 7.12. The number of halogens is 1. The minimum Gasteiger partial charge on any atom is -0.376 e. The van der Waals surface area contributed by atoms with Crippen LogP contribution in [0.1, 0.15) is 28.1 Å². The fourth-order valence-electron chi connectivity index (χ4n) is 4.54. The zero-order valence-corrected chi connectivity index (χ0v) is 20.1. The highest BCUT2D eigenvalue weighted by Gasteiger charge is 2.30. The Labute approximate surface area is 202 Å². The number of likely N-dealkylation sites (N-methyl/N-ethyl adjacent to an activating group) is 1. The van der Waals surface area contributed by atoms with Gasteiger partial charge >= 0.3 is 0 Å². The average Bonchev–Trinajstić information content (AvgIpc) is 3.62. The van der Waals surface area contributed by atoms with Crippen molar-refractivity contribution in [3.8, 4) is 11.3 Å². The van der Waals surface area contributed by atoms with E-state index in [0.29, 0.717) is 29.5 Å². The second-order valence-corrected chi connectivity index (χ2v) is 9.86. The summed E-state index contributed by atoms with van der Waals surface area (Å²) < 4.78 is 25.4. The molecule has 0 unspecified atom stereocenters. The Morgan fingerprint density at radius 1 is 1.21 bits per heavy atom. The molecule has 5 rings (SSSR count). The van der Waals surface area contributed by atoms with Crippen molar-refractivity contribution in [3.63, 3.8) is 0 Å². The second kappa shape index (κ2) is 10.2. The highest BCUT2D eigenvalue weighted by atomic mass is 32.1. The summed E-state index contributed by atoms with van der Waals surface area (Å²) in [6, 6.07) is 9.99. The molecule has 1 atom stereocenters. The molecular formula is C25H29FN4O3S. The van der Waals surface area contributed by atoms with Gasteiger partial charge in [-0.1, -0.05) is 11.2 Å². The number of hydrogen-bond donors (Lipinski definition) is 0. The van der Waals surface area contributed by atoms with Crippen molar-refractivity contribution in [2.45, 2.75) is 25.5 Å². The number of carbonyl (C=O) groups excluding carboxylic acids is 1. The van der Waals surface area contributed by atoms with Gasteiger partial charge in [-0.3, -0.25) is 4.79 Å². The van der Waals surface area contributed by atoms with E-state index in [1.807, 2.05) is 22.4 Å². The number of anilines is 1. The van der Waals surface area contributed by atoms with Gasteiger partial charge in [0.15, 0.2) is 0 Å². The van der Waals surface area contributed by atoms with E-state index in [9.17, 15) is 9.18 Å². The number of piperazine rings is 1.